The van der Waals surface area contributed by atoms with Crippen molar-refractivity contribution in [2.75, 3.05) is 20.3 Å². The Morgan fingerprint density at radius 3 is 2.80 bits per heavy atom. The second-order valence-electron chi connectivity index (χ2n) is 5.66. The lowest BCUT2D eigenvalue weighted by atomic mass is 10.2. The third-order valence-corrected chi connectivity index (χ3v) is 3.98. The summed E-state index contributed by atoms with van der Waals surface area (Å²) in [5.41, 5.74) is 1.92. The molecule has 0 aliphatic heterocycles. The van der Waals surface area contributed by atoms with E-state index in [1.807, 2.05) is 54.7 Å². The van der Waals surface area contributed by atoms with Gasteiger partial charge in [0.25, 0.3) is 0 Å². The van der Waals surface area contributed by atoms with E-state index in [1.165, 1.54) is 0 Å². The molecular weight excluding hydrogens is 316 g/mol. The van der Waals surface area contributed by atoms with Gasteiger partial charge in [-0.2, -0.15) is 0 Å². The predicted molar refractivity (Wildman–Crippen MR) is 97.5 cm³/mol. The molecule has 126 valence electrons. The van der Waals surface area contributed by atoms with E-state index in [4.69, 9.17) is 14.2 Å². The van der Waals surface area contributed by atoms with Crippen LogP contribution in [0.2, 0.25) is 0 Å². The number of aromatic nitrogens is 2. The number of benzene rings is 2. The van der Waals surface area contributed by atoms with Gasteiger partial charge in [-0.3, -0.25) is 4.98 Å². The second kappa shape index (κ2) is 6.83. The fourth-order valence-electron chi connectivity index (χ4n) is 2.75. The molecule has 2 aromatic heterocycles. The Kier molecular flexibility index (Phi) is 4.23. The Balaban J connectivity index is 1.62. The standard InChI is InChI=1S/C20H18N2O3/c1-23-10-11-24-15-2-4-17-19(13-15)22-9-7-20(17)25-16-3-5-18-14(12-16)6-8-21-18/h2-9,12-13,21H,10-11H2,1H3. The van der Waals surface area contributed by atoms with Crippen LogP contribution in [0, 0.1) is 0 Å². The molecule has 0 amide bonds. The normalized spacial score (nSPS) is 11.1. The Hall–Kier alpha value is -3.05. The van der Waals surface area contributed by atoms with Crippen molar-refractivity contribution in [3.63, 3.8) is 0 Å². The van der Waals surface area contributed by atoms with Crippen LogP contribution in [0.1, 0.15) is 0 Å². The van der Waals surface area contributed by atoms with Gasteiger partial charge in [-0.05, 0) is 42.5 Å². The number of pyridine rings is 1. The van der Waals surface area contributed by atoms with E-state index in [1.54, 1.807) is 13.3 Å². The molecule has 2 aromatic carbocycles. The molecular formula is C20H18N2O3. The zero-order valence-electron chi connectivity index (χ0n) is 13.9. The Morgan fingerprint density at radius 2 is 1.88 bits per heavy atom. The van der Waals surface area contributed by atoms with Crippen molar-refractivity contribution >= 4 is 21.8 Å². The first-order valence-electron chi connectivity index (χ1n) is 8.09. The highest BCUT2D eigenvalue weighted by Gasteiger charge is 2.07. The van der Waals surface area contributed by atoms with Crippen molar-refractivity contribution in [3.05, 3.63) is 60.9 Å². The largest absolute Gasteiger partial charge is 0.491 e. The van der Waals surface area contributed by atoms with Crippen LogP contribution in [0.5, 0.6) is 17.2 Å². The van der Waals surface area contributed by atoms with Gasteiger partial charge in [0.05, 0.1) is 12.1 Å². The molecule has 2 heterocycles. The smallest absolute Gasteiger partial charge is 0.138 e. The predicted octanol–water partition coefficient (Wildman–Crippen LogP) is 4.53. The molecule has 0 saturated heterocycles. The summed E-state index contributed by atoms with van der Waals surface area (Å²) >= 11 is 0. The third kappa shape index (κ3) is 3.27. The minimum atomic E-state index is 0.509. The number of rotatable bonds is 6. The van der Waals surface area contributed by atoms with Gasteiger partial charge in [0.2, 0.25) is 0 Å². The number of ether oxygens (including phenoxy) is 3. The average Bonchev–Trinajstić information content (AvgIpc) is 3.10. The molecule has 5 nitrogen and oxygen atoms in total. The van der Waals surface area contributed by atoms with Crippen molar-refractivity contribution in [1.82, 2.24) is 9.97 Å². The van der Waals surface area contributed by atoms with E-state index in [9.17, 15) is 0 Å². The maximum absolute atomic E-state index is 6.09. The number of hydrogen-bond acceptors (Lipinski definition) is 4. The van der Waals surface area contributed by atoms with Crippen molar-refractivity contribution < 1.29 is 14.2 Å². The molecule has 0 aliphatic rings. The van der Waals surface area contributed by atoms with Crippen molar-refractivity contribution in [2.24, 2.45) is 0 Å². The van der Waals surface area contributed by atoms with Gasteiger partial charge < -0.3 is 19.2 Å². The fourth-order valence-corrected chi connectivity index (χ4v) is 2.75. The lowest BCUT2D eigenvalue weighted by Gasteiger charge is -2.10. The van der Waals surface area contributed by atoms with Crippen LogP contribution in [-0.2, 0) is 4.74 Å². The van der Waals surface area contributed by atoms with Crippen molar-refractivity contribution in [1.29, 1.82) is 0 Å². The van der Waals surface area contributed by atoms with Crippen LogP contribution in [0.15, 0.2) is 60.9 Å². The molecule has 0 unspecified atom stereocenters. The van der Waals surface area contributed by atoms with Gasteiger partial charge in [-0.15, -0.1) is 0 Å². The number of aromatic amines is 1. The van der Waals surface area contributed by atoms with E-state index >= 15 is 0 Å². The van der Waals surface area contributed by atoms with Crippen LogP contribution < -0.4 is 9.47 Å². The highest BCUT2D eigenvalue weighted by atomic mass is 16.5. The molecule has 5 heteroatoms. The fraction of sp³-hybridized carbons (Fsp3) is 0.150. The van der Waals surface area contributed by atoms with E-state index in [2.05, 4.69) is 9.97 Å². The summed E-state index contributed by atoms with van der Waals surface area (Å²) in [6, 6.07) is 15.7. The maximum Gasteiger partial charge on any atom is 0.138 e. The highest BCUT2D eigenvalue weighted by Crippen LogP contribution is 2.32. The highest BCUT2D eigenvalue weighted by molar-refractivity contribution is 5.86. The summed E-state index contributed by atoms with van der Waals surface area (Å²) in [5.74, 6) is 2.33. The van der Waals surface area contributed by atoms with E-state index < -0.39 is 0 Å². The molecule has 0 atom stereocenters. The van der Waals surface area contributed by atoms with Crippen molar-refractivity contribution in [3.8, 4) is 17.2 Å². The van der Waals surface area contributed by atoms with Gasteiger partial charge in [0.1, 0.15) is 23.9 Å². The topological polar surface area (TPSA) is 56.4 Å². The van der Waals surface area contributed by atoms with Gasteiger partial charge in [-0.1, -0.05) is 0 Å². The number of H-pyrrole nitrogens is 1. The van der Waals surface area contributed by atoms with E-state index in [0.717, 1.165) is 39.1 Å². The van der Waals surface area contributed by atoms with Crippen molar-refractivity contribution in [2.45, 2.75) is 0 Å². The maximum atomic E-state index is 6.09. The SMILES string of the molecule is COCCOc1ccc2c(Oc3ccc4[nH]ccc4c3)ccnc2c1. The van der Waals surface area contributed by atoms with Crippen LogP contribution in [0.25, 0.3) is 21.8 Å². The lowest BCUT2D eigenvalue weighted by Crippen LogP contribution is -2.04. The summed E-state index contributed by atoms with van der Waals surface area (Å²) in [6.45, 7) is 1.06. The Bertz CT molecular complexity index is 1010. The number of methoxy groups -OCH3 is 1. The lowest BCUT2D eigenvalue weighted by molar-refractivity contribution is 0.146. The summed E-state index contributed by atoms with van der Waals surface area (Å²) in [4.78, 5) is 7.60. The summed E-state index contributed by atoms with van der Waals surface area (Å²) in [5, 5.41) is 2.06. The third-order valence-electron chi connectivity index (χ3n) is 3.98. The van der Waals surface area contributed by atoms with Crippen LogP contribution in [0.4, 0.5) is 0 Å². The van der Waals surface area contributed by atoms with Gasteiger partial charge in [0, 0.05) is 41.9 Å². The number of fused-ring (bicyclic) bond motifs is 2. The Labute approximate surface area is 145 Å². The quantitative estimate of drug-likeness (QED) is 0.526. The molecule has 4 aromatic rings. The monoisotopic (exact) mass is 334 g/mol. The number of nitrogens with zero attached hydrogens (tertiary/aromatic N) is 1. The summed E-state index contributed by atoms with van der Waals surface area (Å²) in [6.07, 6.45) is 3.66. The van der Waals surface area contributed by atoms with Crippen LogP contribution >= 0.6 is 0 Å². The van der Waals surface area contributed by atoms with Crippen LogP contribution in [-0.4, -0.2) is 30.3 Å². The first-order valence-corrected chi connectivity index (χ1v) is 8.09. The molecule has 0 spiro atoms. The zero-order valence-corrected chi connectivity index (χ0v) is 13.9. The summed E-state index contributed by atoms with van der Waals surface area (Å²) < 4.78 is 16.7. The van der Waals surface area contributed by atoms with E-state index in [0.29, 0.717) is 13.2 Å². The van der Waals surface area contributed by atoms with Gasteiger partial charge >= 0.3 is 0 Å². The average molecular weight is 334 g/mol. The molecule has 0 fully saturated rings. The van der Waals surface area contributed by atoms with E-state index in [-0.39, 0.29) is 0 Å². The minimum absolute atomic E-state index is 0.509. The van der Waals surface area contributed by atoms with Gasteiger partial charge in [-0.25, -0.2) is 0 Å². The van der Waals surface area contributed by atoms with Gasteiger partial charge in [0.15, 0.2) is 0 Å². The first kappa shape index (κ1) is 15.5. The molecule has 25 heavy (non-hydrogen) atoms. The Morgan fingerprint density at radius 1 is 0.960 bits per heavy atom. The molecule has 1 N–H and O–H groups in total. The molecule has 0 radical (unpaired) electrons. The molecule has 0 aliphatic carbocycles. The number of nitrogens with one attached hydrogen (secondary N) is 1. The zero-order chi connectivity index (χ0) is 17.1. The minimum Gasteiger partial charge on any atom is -0.491 e. The number of hydrogen-bond donors (Lipinski definition) is 1. The molecule has 4 rings (SSSR count). The molecule has 0 bridgehead atoms. The second-order valence-corrected chi connectivity index (χ2v) is 5.66. The van der Waals surface area contributed by atoms with Crippen LogP contribution in [0.3, 0.4) is 0 Å². The molecule has 0 saturated carbocycles. The first-order chi connectivity index (χ1) is 12.3. The summed E-state index contributed by atoms with van der Waals surface area (Å²) in [7, 11) is 1.65.